The van der Waals surface area contributed by atoms with Crippen molar-refractivity contribution in [3.63, 3.8) is 0 Å². The van der Waals surface area contributed by atoms with E-state index in [1.807, 2.05) is 0 Å². The number of allylic oxidation sites excluding steroid dienone is 2. The van der Waals surface area contributed by atoms with E-state index < -0.39 is 0 Å². The van der Waals surface area contributed by atoms with Crippen LogP contribution in [-0.2, 0) is 0 Å². The van der Waals surface area contributed by atoms with Gasteiger partial charge in [0.05, 0.1) is 0 Å². The molecule has 0 nitrogen and oxygen atoms in total. The molecule has 0 amide bonds. The van der Waals surface area contributed by atoms with E-state index in [0.717, 1.165) is 0 Å². The number of hydrogen-bond donors (Lipinski definition) is 0. The van der Waals surface area contributed by atoms with Gasteiger partial charge in [-0.05, 0) is 19.3 Å². The lowest BCUT2D eigenvalue weighted by molar-refractivity contribution is 0.742. The summed E-state index contributed by atoms with van der Waals surface area (Å²) < 4.78 is 1.32. The fraction of sp³-hybridized carbons (Fsp3) is 0.667. The molecule has 0 fully saturated rings. The third-order valence-corrected chi connectivity index (χ3v) is 3.74. The van der Waals surface area contributed by atoms with Crippen molar-refractivity contribution in [2.45, 2.75) is 24.1 Å². The highest BCUT2D eigenvalue weighted by Crippen LogP contribution is 2.28. The van der Waals surface area contributed by atoms with Crippen LogP contribution in [0.25, 0.3) is 0 Å². The molecular formula is C6H8Br2. The van der Waals surface area contributed by atoms with Gasteiger partial charge in [0.15, 0.2) is 0 Å². The van der Waals surface area contributed by atoms with Gasteiger partial charge in [-0.1, -0.05) is 37.9 Å². The van der Waals surface area contributed by atoms with E-state index in [-0.39, 0.29) is 0 Å². The maximum atomic E-state index is 3.54. The summed E-state index contributed by atoms with van der Waals surface area (Å²) >= 11 is 7.01. The van der Waals surface area contributed by atoms with Crippen molar-refractivity contribution in [1.29, 1.82) is 0 Å². The SMILES string of the molecule is BrC1=CCCCC1Br. The molecule has 0 saturated carbocycles. The van der Waals surface area contributed by atoms with Crippen LogP contribution in [0.1, 0.15) is 19.3 Å². The van der Waals surface area contributed by atoms with Crippen LogP contribution in [0.3, 0.4) is 0 Å². The first-order valence-electron chi connectivity index (χ1n) is 2.80. The molecule has 1 aliphatic carbocycles. The van der Waals surface area contributed by atoms with Gasteiger partial charge in [0.2, 0.25) is 0 Å². The van der Waals surface area contributed by atoms with Crippen molar-refractivity contribution in [3.05, 3.63) is 10.6 Å². The Balaban J connectivity index is 2.53. The van der Waals surface area contributed by atoms with Crippen LogP contribution in [0.2, 0.25) is 0 Å². The van der Waals surface area contributed by atoms with Crippen LogP contribution in [0.5, 0.6) is 0 Å². The predicted octanol–water partition coefficient (Wildman–Crippen LogP) is 3.21. The highest BCUT2D eigenvalue weighted by molar-refractivity contribution is 9.14. The van der Waals surface area contributed by atoms with E-state index in [1.165, 1.54) is 23.7 Å². The second-order valence-corrected chi connectivity index (χ2v) is 4.01. The molecule has 0 N–H and O–H groups in total. The summed E-state index contributed by atoms with van der Waals surface area (Å²) in [7, 11) is 0. The lowest BCUT2D eigenvalue weighted by Gasteiger charge is -2.12. The smallest absolute Gasteiger partial charge is 0.0458 e. The normalized spacial score (nSPS) is 29.8. The molecule has 0 radical (unpaired) electrons. The molecule has 1 unspecified atom stereocenters. The van der Waals surface area contributed by atoms with Gasteiger partial charge in [0.1, 0.15) is 0 Å². The highest BCUT2D eigenvalue weighted by atomic mass is 79.9. The van der Waals surface area contributed by atoms with E-state index in [4.69, 9.17) is 0 Å². The minimum absolute atomic E-state index is 0.594. The van der Waals surface area contributed by atoms with Crippen molar-refractivity contribution < 1.29 is 0 Å². The average molecular weight is 240 g/mol. The Hall–Kier alpha value is 0.700. The first-order valence-corrected chi connectivity index (χ1v) is 4.51. The van der Waals surface area contributed by atoms with E-state index in [9.17, 15) is 0 Å². The summed E-state index contributed by atoms with van der Waals surface area (Å²) in [4.78, 5) is 0.594. The number of halogens is 2. The molecule has 1 aliphatic rings. The molecule has 0 spiro atoms. The lowest BCUT2D eigenvalue weighted by Crippen LogP contribution is -2.01. The van der Waals surface area contributed by atoms with Gasteiger partial charge in [-0.3, -0.25) is 0 Å². The molecule has 0 aromatic heterocycles. The molecule has 0 aromatic rings. The predicted molar refractivity (Wildman–Crippen MR) is 43.6 cm³/mol. The Bertz CT molecular complexity index is 107. The first-order chi connectivity index (χ1) is 3.80. The molecule has 0 saturated heterocycles. The largest absolute Gasteiger partial charge is 0.0833 e. The second-order valence-electron chi connectivity index (χ2n) is 1.99. The standard InChI is InChI=1S/C6H8Br2/c7-5-3-1-2-4-6(5)8/h3,6H,1-2,4H2. The minimum Gasteiger partial charge on any atom is -0.0833 e. The van der Waals surface area contributed by atoms with Crippen molar-refractivity contribution in [2.75, 3.05) is 0 Å². The molecule has 0 bridgehead atoms. The van der Waals surface area contributed by atoms with Crippen molar-refractivity contribution in [3.8, 4) is 0 Å². The Morgan fingerprint density at radius 3 is 2.75 bits per heavy atom. The maximum Gasteiger partial charge on any atom is 0.0458 e. The summed E-state index contributed by atoms with van der Waals surface area (Å²) in [6.07, 6.45) is 6.08. The summed E-state index contributed by atoms with van der Waals surface area (Å²) in [5.74, 6) is 0. The van der Waals surface area contributed by atoms with Gasteiger partial charge in [0.25, 0.3) is 0 Å². The molecule has 8 heavy (non-hydrogen) atoms. The zero-order valence-corrected chi connectivity index (χ0v) is 7.70. The van der Waals surface area contributed by atoms with Gasteiger partial charge < -0.3 is 0 Å². The summed E-state index contributed by atoms with van der Waals surface area (Å²) in [6.45, 7) is 0. The number of alkyl halides is 1. The lowest BCUT2D eigenvalue weighted by atomic mass is 10.1. The molecule has 2 heteroatoms. The van der Waals surface area contributed by atoms with Gasteiger partial charge >= 0.3 is 0 Å². The Kier molecular flexibility index (Phi) is 2.57. The molecule has 1 atom stereocenters. The molecule has 46 valence electrons. The fourth-order valence-corrected chi connectivity index (χ4v) is 1.77. The Morgan fingerprint density at radius 1 is 1.62 bits per heavy atom. The van der Waals surface area contributed by atoms with Crippen molar-refractivity contribution in [1.82, 2.24) is 0 Å². The van der Waals surface area contributed by atoms with Crippen molar-refractivity contribution >= 4 is 31.9 Å². The Morgan fingerprint density at radius 2 is 2.38 bits per heavy atom. The van der Waals surface area contributed by atoms with E-state index in [0.29, 0.717) is 4.83 Å². The van der Waals surface area contributed by atoms with E-state index in [2.05, 4.69) is 37.9 Å². The zero-order valence-electron chi connectivity index (χ0n) is 4.53. The van der Waals surface area contributed by atoms with Gasteiger partial charge in [-0.15, -0.1) is 0 Å². The summed E-state index contributed by atoms with van der Waals surface area (Å²) in [5, 5.41) is 0. The van der Waals surface area contributed by atoms with Crippen LogP contribution >= 0.6 is 31.9 Å². The second kappa shape index (κ2) is 3.02. The molecule has 0 aliphatic heterocycles. The minimum atomic E-state index is 0.594. The zero-order chi connectivity index (χ0) is 5.98. The summed E-state index contributed by atoms with van der Waals surface area (Å²) in [5.41, 5.74) is 0. The first kappa shape index (κ1) is 6.81. The molecule has 1 rings (SSSR count). The fourth-order valence-electron chi connectivity index (χ4n) is 0.803. The average Bonchev–Trinajstić information content (AvgIpc) is 1.77. The number of rotatable bonds is 0. The van der Waals surface area contributed by atoms with E-state index in [1.54, 1.807) is 0 Å². The third-order valence-electron chi connectivity index (χ3n) is 1.30. The van der Waals surface area contributed by atoms with E-state index >= 15 is 0 Å². The van der Waals surface area contributed by atoms with Crippen LogP contribution < -0.4 is 0 Å². The third kappa shape index (κ3) is 1.59. The van der Waals surface area contributed by atoms with Crippen LogP contribution in [0, 0.1) is 0 Å². The van der Waals surface area contributed by atoms with Crippen molar-refractivity contribution in [2.24, 2.45) is 0 Å². The van der Waals surface area contributed by atoms with Gasteiger partial charge in [0, 0.05) is 9.31 Å². The highest BCUT2D eigenvalue weighted by Gasteiger charge is 2.10. The Labute approximate surface area is 66.6 Å². The van der Waals surface area contributed by atoms with Gasteiger partial charge in [-0.25, -0.2) is 0 Å². The van der Waals surface area contributed by atoms with Gasteiger partial charge in [-0.2, -0.15) is 0 Å². The molecular weight excluding hydrogens is 232 g/mol. The van der Waals surface area contributed by atoms with Crippen LogP contribution in [-0.4, -0.2) is 4.83 Å². The monoisotopic (exact) mass is 238 g/mol. The molecule has 0 aromatic carbocycles. The summed E-state index contributed by atoms with van der Waals surface area (Å²) in [6, 6.07) is 0. The topological polar surface area (TPSA) is 0 Å². The quantitative estimate of drug-likeness (QED) is 0.570. The number of hydrogen-bond acceptors (Lipinski definition) is 0. The maximum absolute atomic E-state index is 3.54. The van der Waals surface area contributed by atoms with Crippen LogP contribution in [0.4, 0.5) is 0 Å². The van der Waals surface area contributed by atoms with Crippen LogP contribution in [0.15, 0.2) is 10.6 Å². The molecule has 0 heterocycles.